The SMILES string of the molecule is CCN1CCC(CNc2nc(NC)nc3sccc23)C1. The number of fused-ring (bicyclic) bond motifs is 1. The Morgan fingerprint density at radius 3 is 3.10 bits per heavy atom. The first-order chi connectivity index (χ1) is 9.80. The number of rotatable bonds is 5. The van der Waals surface area contributed by atoms with E-state index in [0.717, 1.165) is 35.0 Å². The molecule has 0 bridgehead atoms. The second-order valence-electron chi connectivity index (χ2n) is 5.21. The van der Waals surface area contributed by atoms with E-state index in [1.165, 1.54) is 19.5 Å². The first kappa shape index (κ1) is 13.6. The van der Waals surface area contributed by atoms with E-state index < -0.39 is 0 Å². The number of nitrogens with zero attached hydrogens (tertiary/aromatic N) is 3. The maximum atomic E-state index is 4.55. The Kier molecular flexibility index (Phi) is 4.03. The standard InChI is InChI=1S/C14H21N5S/c1-3-19-6-4-10(9-19)8-16-12-11-5-7-20-13(11)18-14(15-2)17-12/h5,7,10H,3-4,6,8-9H2,1-2H3,(H2,15,16,17,18). The van der Waals surface area contributed by atoms with Crippen molar-refractivity contribution in [2.24, 2.45) is 5.92 Å². The molecule has 1 atom stereocenters. The normalized spacial score (nSPS) is 19.6. The Morgan fingerprint density at radius 2 is 2.35 bits per heavy atom. The van der Waals surface area contributed by atoms with E-state index in [9.17, 15) is 0 Å². The zero-order valence-electron chi connectivity index (χ0n) is 12.0. The Hall–Kier alpha value is -1.40. The Balaban J connectivity index is 1.72. The van der Waals surface area contributed by atoms with E-state index >= 15 is 0 Å². The van der Waals surface area contributed by atoms with Gasteiger partial charge in [-0.25, -0.2) is 4.98 Å². The van der Waals surface area contributed by atoms with Crippen LogP contribution in [0.4, 0.5) is 11.8 Å². The largest absolute Gasteiger partial charge is 0.369 e. The summed E-state index contributed by atoms with van der Waals surface area (Å²) >= 11 is 1.65. The number of likely N-dealkylation sites (tertiary alicyclic amines) is 1. The molecule has 0 amide bonds. The molecule has 1 fully saturated rings. The van der Waals surface area contributed by atoms with Gasteiger partial charge >= 0.3 is 0 Å². The van der Waals surface area contributed by atoms with E-state index in [0.29, 0.717) is 5.95 Å². The van der Waals surface area contributed by atoms with Crippen molar-refractivity contribution in [2.45, 2.75) is 13.3 Å². The van der Waals surface area contributed by atoms with E-state index in [1.807, 2.05) is 7.05 Å². The van der Waals surface area contributed by atoms with Gasteiger partial charge in [0.05, 0.1) is 5.39 Å². The van der Waals surface area contributed by atoms with Crippen LogP contribution in [0.1, 0.15) is 13.3 Å². The van der Waals surface area contributed by atoms with E-state index in [-0.39, 0.29) is 0 Å². The van der Waals surface area contributed by atoms with Gasteiger partial charge in [-0.05, 0) is 36.9 Å². The molecule has 0 aromatic carbocycles. The lowest BCUT2D eigenvalue weighted by Gasteiger charge is -2.14. The van der Waals surface area contributed by atoms with Gasteiger partial charge in [0, 0.05) is 20.1 Å². The Morgan fingerprint density at radius 1 is 1.45 bits per heavy atom. The van der Waals surface area contributed by atoms with Crippen LogP contribution in [0.25, 0.3) is 10.2 Å². The van der Waals surface area contributed by atoms with Crippen LogP contribution in [0.5, 0.6) is 0 Å². The number of hydrogen-bond donors (Lipinski definition) is 2. The van der Waals surface area contributed by atoms with Crippen molar-refractivity contribution in [3.8, 4) is 0 Å². The Bertz CT molecular complexity index is 582. The smallest absolute Gasteiger partial charge is 0.225 e. The van der Waals surface area contributed by atoms with Gasteiger partial charge in [-0.1, -0.05) is 6.92 Å². The minimum absolute atomic E-state index is 0.684. The molecule has 1 aliphatic rings. The zero-order valence-corrected chi connectivity index (χ0v) is 12.8. The highest BCUT2D eigenvalue weighted by molar-refractivity contribution is 7.16. The lowest BCUT2D eigenvalue weighted by atomic mass is 10.1. The molecule has 1 saturated heterocycles. The van der Waals surface area contributed by atoms with Gasteiger partial charge in [-0.3, -0.25) is 0 Å². The molecule has 20 heavy (non-hydrogen) atoms. The van der Waals surface area contributed by atoms with Crippen molar-refractivity contribution in [3.63, 3.8) is 0 Å². The van der Waals surface area contributed by atoms with Crippen molar-refractivity contribution >= 4 is 33.3 Å². The minimum atomic E-state index is 0.684. The summed E-state index contributed by atoms with van der Waals surface area (Å²) in [6.45, 7) is 6.79. The quantitative estimate of drug-likeness (QED) is 0.886. The minimum Gasteiger partial charge on any atom is -0.369 e. The summed E-state index contributed by atoms with van der Waals surface area (Å²) in [4.78, 5) is 12.6. The van der Waals surface area contributed by atoms with Crippen molar-refractivity contribution in [1.29, 1.82) is 0 Å². The number of nitrogens with one attached hydrogen (secondary N) is 2. The van der Waals surface area contributed by atoms with Gasteiger partial charge in [-0.2, -0.15) is 4.98 Å². The van der Waals surface area contributed by atoms with E-state index in [4.69, 9.17) is 0 Å². The lowest BCUT2D eigenvalue weighted by Crippen LogP contribution is -2.22. The molecule has 5 nitrogen and oxygen atoms in total. The van der Waals surface area contributed by atoms with Crippen molar-refractivity contribution in [3.05, 3.63) is 11.4 Å². The maximum Gasteiger partial charge on any atom is 0.225 e. The molecule has 0 radical (unpaired) electrons. The van der Waals surface area contributed by atoms with Crippen LogP contribution < -0.4 is 10.6 Å². The fraction of sp³-hybridized carbons (Fsp3) is 0.571. The molecule has 2 aromatic heterocycles. The van der Waals surface area contributed by atoms with Crippen LogP contribution in [-0.2, 0) is 0 Å². The summed E-state index contributed by atoms with van der Waals surface area (Å²) in [5.41, 5.74) is 0. The fourth-order valence-corrected chi connectivity index (χ4v) is 3.47. The van der Waals surface area contributed by atoms with Crippen LogP contribution in [0.3, 0.4) is 0 Å². The molecule has 1 unspecified atom stereocenters. The average Bonchev–Trinajstić information content (AvgIpc) is 3.12. The summed E-state index contributed by atoms with van der Waals surface area (Å²) in [5.74, 6) is 2.36. The molecule has 0 aliphatic carbocycles. The second-order valence-corrected chi connectivity index (χ2v) is 6.11. The topological polar surface area (TPSA) is 53.1 Å². The molecule has 108 valence electrons. The number of thiophene rings is 1. The highest BCUT2D eigenvalue weighted by atomic mass is 32.1. The van der Waals surface area contributed by atoms with Crippen molar-refractivity contribution in [1.82, 2.24) is 14.9 Å². The van der Waals surface area contributed by atoms with Crippen LogP contribution in [0, 0.1) is 5.92 Å². The van der Waals surface area contributed by atoms with Gasteiger partial charge in [-0.15, -0.1) is 11.3 Å². The number of aromatic nitrogens is 2. The molecule has 0 saturated carbocycles. The molecule has 0 spiro atoms. The summed E-state index contributed by atoms with van der Waals surface area (Å²) in [6, 6.07) is 2.09. The van der Waals surface area contributed by atoms with Gasteiger partial charge in [0.15, 0.2) is 0 Å². The van der Waals surface area contributed by atoms with Crippen LogP contribution in [0.15, 0.2) is 11.4 Å². The summed E-state index contributed by atoms with van der Waals surface area (Å²) in [5, 5.41) is 9.75. The van der Waals surface area contributed by atoms with Crippen LogP contribution in [-0.4, -0.2) is 48.1 Å². The van der Waals surface area contributed by atoms with Crippen molar-refractivity contribution in [2.75, 3.05) is 43.9 Å². The third kappa shape index (κ3) is 2.71. The van der Waals surface area contributed by atoms with E-state index in [2.05, 4.69) is 43.9 Å². The molecule has 2 aromatic rings. The van der Waals surface area contributed by atoms with Crippen LogP contribution >= 0.6 is 11.3 Å². The second kappa shape index (κ2) is 5.93. The third-order valence-electron chi connectivity index (χ3n) is 3.92. The first-order valence-electron chi connectivity index (χ1n) is 7.19. The molecular formula is C14H21N5S. The van der Waals surface area contributed by atoms with Gasteiger partial charge in [0.25, 0.3) is 0 Å². The molecule has 2 N–H and O–H groups in total. The summed E-state index contributed by atoms with van der Waals surface area (Å²) in [7, 11) is 1.86. The van der Waals surface area contributed by atoms with E-state index in [1.54, 1.807) is 11.3 Å². The summed E-state index contributed by atoms with van der Waals surface area (Å²) in [6.07, 6.45) is 1.28. The average molecular weight is 291 g/mol. The molecule has 3 heterocycles. The monoisotopic (exact) mass is 291 g/mol. The third-order valence-corrected chi connectivity index (χ3v) is 4.73. The predicted octanol–water partition coefficient (Wildman–Crippen LogP) is 2.49. The molecule has 1 aliphatic heterocycles. The zero-order chi connectivity index (χ0) is 13.9. The highest BCUT2D eigenvalue weighted by Gasteiger charge is 2.21. The van der Waals surface area contributed by atoms with Gasteiger partial charge < -0.3 is 15.5 Å². The van der Waals surface area contributed by atoms with Gasteiger partial charge in [0.2, 0.25) is 5.95 Å². The highest BCUT2D eigenvalue weighted by Crippen LogP contribution is 2.27. The van der Waals surface area contributed by atoms with Crippen LogP contribution in [0.2, 0.25) is 0 Å². The summed E-state index contributed by atoms with van der Waals surface area (Å²) < 4.78 is 0. The predicted molar refractivity (Wildman–Crippen MR) is 85.7 cm³/mol. The molecule has 6 heteroatoms. The fourth-order valence-electron chi connectivity index (χ4n) is 2.71. The maximum absolute atomic E-state index is 4.55. The lowest BCUT2D eigenvalue weighted by molar-refractivity contribution is 0.345. The number of anilines is 2. The molecular weight excluding hydrogens is 270 g/mol. The Labute approximate surface area is 123 Å². The number of hydrogen-bond acceptors (Lipinski definition) is 6. The van der Waals surface area contributed by atoms with Crippen molar-refractivity contribution < 1.29 is 0 Å². The first-order valence-corrected chi connectivity index (χ1v) is 8.07. The molecule has 3 rings (SSSR count). The van der Waals surface area contributed by atoms with Gasteiger partial charge in [0.1, 0.15) is 10.6 Å².